The van der Waals surface area contributed by atoms with E-state index in [4.69, 9.17) is 4.74 Å². The first kappa shape index (κ1) is 22.1. The molecule has 1 atom stereocenters. The van der Waals surface area contributed by atoms with Gasteiger partial charge in [0.25, 0.3) is 5.91 Å². The fourth-order valence-corrected chi connectivity index (χ4v) is 3.68. The van der Waals surface area contributed by atoms with Crippen LogP contribution in [0.15, 0.2) is 79.1 Å². The van der Waals surface area contributed by atoms with E-state index in [-0.39, 0.29) is 11.8 Å². The summed E-state index contributed by atoms with van der Waals surface area (Å²) in [6, 6.07) is 25.3. The van der Waals surface area contributed by atoms with Crippen molar-refractivity contribution in [2.75, 3.05) is 0 Å². The summed E-state index contributed by atoms with van der Waals surface area (Å²) >= 11 is 0. The molecule has 1 amide bonds. The molecule has 0 fully saturated rings. The largest absolute Gasteiger partial charge is 0.479 e. The van der Waals surface area contributed by atoms with Crippen LogP contribution in [-0.2, 0) is 17.9 Å². The minimum Gasteiger partial charge on any atom is -0.479 e. The second-order valence-corrected chi connectivity index (χ2v) is 8.29. The van der Waals surface area contributed by atoms with Gasteiger partial charge in [0.05, 0.1) is 22.9 Å². The lowest BCUT2D eigenvalue weighted by atomic mass is 10.1. The maximum Gasteiger partial charge on any atom is 0.261 e. The zero-order valence-corrected chi connectivity index (χ0v) is 18.7. The van der Waals surface area contributed by atoms with E-state index < -0.39 is 6.10 Å². The number of nitriles is 1. The van der Waals surface area contributed by atoms with Crippen molar-refractivity contribution in [1.82, 2.24) is 14.9 Å². The first-order chi connectivity index (χ1) is 16.0. The Balaban J connectivity index is 1.37. The molecule has 0 aliphatic rings. The van der Waals surface area contributed by atoms with Gasteiger partial charge in [0.2, 0.25) is 0 Å². The monoisotopic (exact) mass is 438 g/mol. The summed E-state index contributed by atoms with van der Waals surface area (Å²) in [5.74, 6) is 0.168. The van der Waals surface area contributed by atoms with Gasteiger partial charge in [-0.15, -0.1) is 0 Å². The van der Waals surface area contributed by atoms with Gasteiger partial charge in [-0.25, -0.2) is 4.98 Å². The summed E-state index contributed by atoms with van der Waals surface area (Å²) in [6.45, 7) is 4.98. The lowest BCUT2D eigenvalue weighted by Crippen LogP contribution is -2.41. The molecule has 0 radical (unpaired) electrons. The second-order valence-electron chi connectivity index (χ2n) is 8.29. The SMILES string of the molecule is CC(C)C(Oc1ccccc1C#N)C(=O)NCc1ccc(Cn2cnc3ccccc32)cc1. The maximum absolute atomic E-state index is 12.8. The van der Waals surface area contributed by atoms with Gasteiger partial charge in [0, 0.05) is 13.1 Å². The number of para-hydroxylation sites is 3. The van der Waals surface area contributed by atoms with Crippen molar-refractivity contribution in [2.24, 2.45) is 5.92 Å². The second kappa shape index (κ2) is 10.0. The molecule has 1 aromatic heterocycles. The Bertz CT molecular complexity index is 1290. The number of imidazole rings is 1. The van der Waals surface area contributed by atoms with E-state index in [1.54, 1.807) is 24.3 Å². The molecule has 3 aromatic carbocycles. The van der Waals surface area contributed by atoms with Crippen molar-refractivity contribution in [3.63, 3.8) is 0 Å². The zero-order chi connectivity index (χ0) is 23.2. The van der Waals surface area contributed by atoms with Gasteiger partial charge in [-0.2, -0.15) is 5.26 Å². The lowest BCUT2D eigenvalue weighted by Gasteiger charge is -2.22. The predicted octanol–water partition coefficient (Wildman–Crippen LogP) is 4.68. The minimum absolute atomic E-state index is 0.0517. The number of rotatable bonds is 8. The molecule has 1 heterocycles. The van der Waals surface area contributed by atoms with Crippen LogP contribution in [0.3, 0.4) is 0 Å². The predicted molar refractivity (Wildman–Crippen MR) is 128 cm³/mol. The fourth-order valence-electron chi connectivity index (χ4n) is 3.68. The number of nitrogens with zero attached hydrogens (tertiary/aromatic N) is 3. The van der Waals surface area contributed by atoms with Gasteiger partial charge in [-0.1, -0.05) is 62.4 Å². The van der Waals surface area contributed by atoms with Gasteiger partial charge in [-0.05, 0) is 41.3 Å². The molecule has 0 bridgehead atoms. The number of carbonyl (C=O) groups is 1. The van der Waals surface area contributed by atoms with Crippen molar-refractivity contribution in [2.45, 2.75) is 33.0 Å². The first-order valence-corrected chi connectivity index (χ1v) is 11.0. The van der Waals surface area contributed by atoms with Crippen LogP contribution in [0.2, 0.25) is 0 Å². The number of ether oxygens (including phenoxy) is 1. The normalized spacial score (nSPS) is 11.8. The van der Waals surface area contributed by atoms with Gasteiger partial charge in [0.1, 0.15) is 11.8 Å². The summed E-state index contributed by atoms with van der Waals surface area (Å²) in [6.07, 6.45) is 1.17. The Morgan fingerprint density at radius 2 is 1.73 bits per heavy atom. The van der Waals surface area contributed by atoms with E-state index >= 15 is 0 Å². The van der Waals surface area contributed by atoms with E-state index in [0.29, 0.717) is 17.9 Å². The molecule has 166 valence electrons. The molecule has 1 N–H and O–H groups in total. The van der Waals surface area contributed by atoms with E-state index in [2.05, 4.69) is 39.1 Å². The number of aromatic nitrogens is 2. The Hall–Kier alpha value is -4.11. The molecular weight excluding hydrogens is 412 g/mol. The number of benzene rings is 3. The summed E-state index contributed by atoms with van der Waals surface area (Å²) in [4.78, 5) is 17.3. The van der Waals surface area contributed by atoms with E-state index in [1.807, 2.05) is 50.5 Å². The Kier molecular flexibility index (Phi) is 6.70. The van der Waals surface area contributed by atoms with Gasteiger partial charge >= 0.3 is 0 Å². The highest BCUT2D eigenvalue weighted by molar-refractivity contribution is 5.81. The van der Waals surface area contributed by atoms with Crippen molar-refractivity contribution in [1.29, 1.82) is 5.26 Å². The number of fused-ring (bicyclic) bond motifs is 1. The molecule has 4 rings (SSSR count). The number of amides is 1. The van der Waals surface area contributed by atoms with Crippen molar-refractivity contribution in [3.8, 4) is 11.8 Å². The van der Waals surface area contributed by atoms with Gasteiger partial charge < -0.3 is 14.6 Å². The topological polar surface area (TPSA) is 79.9 Å². The molecular formula is C27H26N4O2. The van der Waals surface area contributed by atoms with Gasteiger partial charge in [0.15, 0.2) is 6.10 Å². The molecule has 0 saturated carbocycles. The van der Waals surface area contributed by atoms with Crippen LogP contribution >= 0.6 is 0 Å². The average Bonchev–Trinajstić information content (AvgIpc) is 3.24. The summed E-state index contributed by atoms with van der Waals surface area (Å²) in [5, 5.41) is 12.2. The van der Waals surface area contributed by atoms with Crippen LogP contribution in [0.4, 0.5) is 0 Å². The number of nitrogens with one attached hydrogen (secondary N) is 1. The van der Waals surface area contributed by atoms with E-state index in [9.17, 15) is 10.1 Å². The highest BCUT2D eigenvalue weighted by Gasteiger charge is 2.25. The molecule has 0 aliphatic carbocycles. The third-order valence-corrected chi connectivity index (χ3v) is 5.50. The van der Waals surface area contributed by atoms with E-state index in [1.165, 1.54) is 0 Å². The smallest absolute Gasteiger partial charge is 0.261 e. The summed E-state index contributed by atoms with van der Waals surface area (Å²) in [7, 11) is 0. The summed E-state index contributed by atoms with van der Waals surface area (Å²) in [5.41, 5.74) is 4.66. The first-order valence-electron chi connectivity index (χ1n) is 11.0. The van der Waals surface area contributed by atoms with Crippen LogP contribution in [0, 0.1) is 17.2 Å². The average molecular weight is 439 g/mol. The molecule has 0 spiro atoms. The molecule has 6 heteroatoms. The van der Waals surface area contributed by atoms with Crippen LogP contribution in [-0.4, -0.2) is 21.6 Å². The van der Waals surface area contributed by atoms with Crippen molar-refractivity contribution in [3.05, 3.63) is 95.8 Å². The molecule has 6 nitrogen and oxygen atoms in total. The van der Waals surface area contributed by atoms with Crippen LogP contribution in [0.5, 0.6) is 5.75 Å². The molecule has 1 unspecified atom stereocenters. The molecule has 4 aromatic rings. The van der Waals surface area contributed by atoms with Crippen molar-refractivity contribution >= 4 is 16.9 Å². The number of hydrogen-bond donors (Lipinski definition) is 1. The Morgan fingerprint density at radius 3 is 2.48 bits per heavy atom. The highest BCUT2D eigenvalue weighted by Crippen LogP contribution is 2.21. The molecule has 33 heavy (non-hydrogen) atoms. The highest BCUT2D eigenvalue weighted by atomic mass is 16.5. The minimum atomic E-state index is -0.687. The third kappa shape index (κ3) is 5.21. The van der Waals surface area contributed by atoms with E-state index in [0.717, 1.165) is 28.7 Å². The summed E-state index contributed by atoms with van der Waals surface area (Å²) < 4.78 is 8.04. The third-order valence-electron chi connectivity index (χ3n) is 5.50. The van der Waals surface area contributed by atoms with Crippen LogP contribution in [0.1, 0.15) is 30.5 Å². The fraction of sp³-hybridized carbons (Fsp3) is 0.222. The Morgan fingerprint density at radius 1 is 1.03 bits per heavy atom. The zero-order valence-electron chi connectivity index (χ0n) is 18.7. The van der Waals surface area contributed by atoms with Gasteiger partial charge in [-0.3, -0.25) is 4.79 Å². The molecule has 0 saturated heterocycles. The Labute approximate surface area is 193 Å². The molecule has 0 aliphatic heterocycles. The van der Waals surface area contributed by atoms with Crippen molar-refractivity contribution < 1.29 is 9.53 Å². The standard InChI is InChI=1S/C27H26N4O2/c1-19(2)26(33-25-10-6-3-7-22(25)15-28)27(32)29-16-20-11-13-21(14-12-20)17-31-18-30-23-8-4-5-9-24(23)31/h3-14,18-19,26H,16-17H2,1-2H3,(H,29,32). The maximum atomic E-state index is 12.8. The van der Waals surface area contributed by atoms with Crippen LogP contribution in [0.25, 0.3) is 11.0 Å². The number of hydrogen-bond acceptors (Lipinski definition) is 4. The lowest BCUT2D eigenvalue weighted by molar-refractivity contribution is -0.130. The van der Waals surface area contributed by atoms with Crippen LogP contribution < -0.4 is 10.1 Å². The quantitative estimate of drug-likeness (QED) is 0.433. The number of carbonyl (C=O) groups excluding carboxylic acids is 1.